The standard InChI is InChI=1S/C14H24N4O/c1-4-8-15-13-16-9-6-12(17-13)18-10-5-7-14(2,11-18)19-3/h6,9H,4-5,7-8,10-11H2,1-3H3,(H,15,16,17). The number of rotatable bonds is 5. The third-order valence-electron chi connectivity index (χ3n) is 3.65. The zero-order valence-electron chi connectivity index (χ0n) is 12.1. The van der Waals surface area contributed by atoms with Crippen LogP contribution < -0.4 is 10.2 Å². The van der Waals surface area contributed by atoms with E-state index in [4.69, 9.17) is 4.74 Å². The molecule has 19 heavy (non-hydrogen) atoms. The highest BCUT2D eigenvalue weighted by Crippen LogP contribution is 2.27. The lowest BCUT2D eigenvalue weighted by Crippen LogP contribution is -2.47. The summed E-state index contributed by atoms with van der Waals surface area (Å²) in [6.45, 7) is 7.11. The molecule has 0 bridgehead atoms. The average Bonchev–Trinajstić information content (AvgIpc) is 2.45. The second-order valence-electron chi connectivity index (χ2n) is 5.34. The van der Waals surface area contributed by atoms with E-state index in [9.17, 15) is 0 Å². The lowest BCUT2D eigenvalue weighted by molar-refractivity contribution is -0.00481. The summed E-state index contributed by atoms with van der Waals surface area (Å²) >= 11 is 0. The fourth-order valence-corrected chi connectivity index (χ4v) is 2.42. The van der Waals surface area contributed by atoms with Crippen LogP contribution in [0.15, 0.2) is 12.3 Å². The second-order valence-corrected chi connectivity index (χ2v) is 5.34. The lowest BCUT2D eigenvalue weighted by atomic mass is 9.95. The van der Waals surface area contributed by atoms with Crippen molar-refractivity contribution in [2.24, 2.45) is 0 Å². The third-order valence-corrected chi connectivity index (χ3v) is 3.65. The molecule has 1 aliphatic rings. The van der Waals surface area contributed by atoms with Gasteiger partial charge in [0.1, 0.15) is 5.82 Å². The average molecular weight is 264 g/mol. The zero-order chi connectivity index (χ0) is 13.7. The molecule has 5 heteroatoms. The van der Waals surface area contributed by atoms with Crippen molar-refractivity contribution in [2.45, 2.75) is 38.7 Å². The van der Waals surface area contributed by atoms with Crippen LogP contribution in [0.3, 0.4) is 0 Å². The summed E-state index contributed by atoms with van der Waals surface area (Å²) in [4.78, 5) is 11.1. The van der Waals surface area contributed by atoms with Gasteiger partial charge in [0.05, 0.1) is 5.60 Å². The molecule has 0 aromatic carbocycles. The molecule has 0 spiro atoms. The molecule has 5 nitrogen and oxygen atoms in total. The van der Waals surface area contributed by atoms with Crippen LogP contribution in [0.25, 0.3) is 0 Å². The van der Waals surface area contributed by atoms with Crippen LogP contribution in [0, 0.1) is 0 Å². The molecule has 1 aromatic heterocycles. The Hall–Kier alpha value is -1.36. The van der Waals surface area contributed by atoms with Gasteiger partial charge in [-0.05, 0) is 32.3 Å². The Bertz CT molecular complexity index is 412. The molecule has 1 atom stereocenters. The van der Waals surface area contributed by atoms with Gasteiger partial charge in [0.2, 0.25) is 5.95 Å². The Morgan fingerprint density at radius 1 is 1.53 bits per heavy atom. The summed E-state index contributed by atoms with van der Waals surface area (Å²) in [7, 11) is 1.79. The molecule has 0 radical (unpaired) electrons. The van der Waals surface area contributed by atoms with Gasteiger partial charge in [-0.2, -0.15) is 4.98 Å². The minimum atomic E-state index is -0.0692. The molecule has 0 aliphatic carbocycles. The van der Waals surface area contributed by atoms with Crippen molar-refractivity contribution in [3.05, 3.63) is 12.3 Å². The van der Waals surface area contributed by atoms with Crippen molar-refractivity contribution in [3.63, 3.8) is 0 Å². The number of aromatic nitrogens is 2. The predicted molar refractivity (Wildman–Crippen MR) is 77.7 cm³/mol. The van der Waals surface area contributed by atoms with Gasteiger partial charge < -0.3 is 15.0 Å². The van der Waals surface area contributed by atoms with E-state index >= 15 is 0 Å². The van der Waals surface area contributed by atoms with Gasteiger partial charge in [0.15, 0.2) is 0 Å². The maximum absolute atomic E-state index is 5.62. The maximum atomic E-state index is 5.62. The number of hydrogen-bond donors (Lipinski definition) is 1. The largest absolute Gasteiger partial charge is 0.377 e. The van der Waals surface area contributed by atoms with Gasteiger partial charge in [0.25, 0.3) is 0 Å². The van der Waals surface area contributed by atoms with Crippen LogP contribution in [-0.4, -0.2) is 42.3 Å². The van der Waals surface area contributed by atoms with Crippen LogP contribution in [0.2, 0.25) is 0 Å². The Kier molecular flexibility index (Phi) is 4.58. The van der Waals surface area contributed by atoms with Crippen LogP contribution in [0.5, 0.6) is 0 Å². The van der Waals surface area contributed by atoms with Crippen molar-refractivity contribution in [3.8, 4) is 0 Å². The van der Waals surface area contributed by atoms with Crippen LogP contribution >= 0.6 is 0 Å². The van der Waals surface area contributed by atoms with Crippen molar-refractivity contribution < 1.29 is 4.74 Å². The number of methoxy groups -OCH3 is 1. The molecule has 106 valence electrons. The van der Waals surface area contributed by atoms with E-state index < -0.39 is 0 Å². The van der Waals surface area contributed by atoms with Gasteiger partial charge in [-0.15, -0.1) is 0 Å². The first-order valence-corrected chi connectivity index (χ1v) is 7.04. The van der Waals surface area contributed by atoms with E-state index in [2.05, 4.69) is 34.0 Å². The van der Waals surface area contributed by atoms with Gasteiger partial charge in [0, 0.05) is 32.9 Å². The molecular formula is C14H24N4O. The van der Waals surface area contributed by atoms with Crippen molar-refractivity contribution >= 4 is 11.8 Å². The quantitative estimate of drug-likeness (QED) is 0.884. The molecule has 2 rings (SSSR count). The molecule has 1 saturated heterocycles. The number of piperidine rings is 1. The summed E-state index contributed by atoms with van der Waals surface area (Å²) in [5.41, 5.74) is -0.0692. The molecule has 0 saturated carbocycles. The van der Waals surface area contributed by atoms with Gasteiger partial charge in [-0.3, -0.25) is 0 Å². The Labute approximate surface area is 115 Å². The first-order chi connectivity index (χ1) is 9.17. The summed E-state index contributed by atoms with van der Waals surface area (Å²) < 4.78 is 5.62. The van der Waals surface area contributed by atoms with Crippen molar-refractivity contribution in [1.29, 1.82) is 0 Å². The smallest absolute Gasteiger partial charge is 0.224 e. The van der Waals surface area contributed by atoms with E-state index in [0.29, 0.717) is 5.95 Å². The van der Waals surface area contributed by atoms with E-state index in [1.54, 1.807) is 7.11 Å². The number of nitrogens with zero attached hydrogens (tertiary/aromatic N) is 3. The molecule has 1 N–H and O–H groups in total. The van der Waals surface area contributed by atoms with Crippen LogP contribution in [0.4, 0.5) is 11.8 Å². The minimum absolute atomic E-state index is 0.0692. The molecule has 1 aliphatic heterocycles. The van der Waals surface area contributed by atoms with Crippen LogP contribution in [-0.2, 0) is 4.74 Å². The van der Waals surface area contributed by atoms with Crippen molar-refractivity contribution in [2.75, 3.05) is 37.0 Å². The van der Waals surface area contributed by atoms with Gasteiger partial charge in [-0.1, -0.05) is 6.92 Å². The SMILES string of the molecule is CCCNc1nccc(N2CCCC(C)(OC)C2)n1. The number of anilines is 2. The van der Waals surface area contributed by atoms with E-state index in [0.717, 1.165) is 44.7 Å². The normalized spacial score (nSPS) is 23.4. The highest BCUT2D eigenvalue weighted by atomic mass is 16.5. The Morgan fingerprint density at radius 3 is 3.11 bits per heavy atom. The maximum Gasteiger partial charge on any atom is 0.224 e. The fraction of sp³-hybridized carbons (Fsp3) is 0.714. The molecule has 2 heterocycles. The summed E-state index contributed by atoms with van der Waals surface area (Å²) in [5, 5.41) is 3.23. The number of nitrogens with one attached hydrogen (secondary N) is 1. The summed E-state index contributed by atoms with van der Waals surface area (Å²) in [6, 6.07) is 1.97. The first kappa shape index (κ1) is 14.1. The minimum Gasteiger partial charge on any atom is -0.377 e. The second kappa shape index (κ2) is 6.19. The third kappa shape index (κ3) is 3.56. The highest BCUT2D eigenvalue weighted by Gasteiger charge is 2.31. The van der Waals surface area contributed by atoms with E-state index in [1.165, 1.54) is 0 Å². The molecule has 1 unspecified atom stereocenters. The topological polar surface area (TPSA) is 50.3 Å². The highest BCUT2D eigenvalue weighted by molar-refractivity contribution is 5.43. The molecule has 1 fully saturated rings. The summed E-state index contributed by atoms with van der Waals surface area (Å²) in [6.07, 6.45) is 5.12. The fourth-order valence-electron chi connectivity index (χ4n) is 2.42. The molecule has 1 aromatic rings. The monoisotopic (exact) mass is 264 g/mol. The lowest BCUT2D eigenvalue weighted by Gasteiger charge is -2.40. The van der Waals surface area contributed by atoms with E-state index in [1.807, 2.05) is 12.3 Å². The Morgan fingerprint density at radius 2 is 2.37 bits per heavy atom. The number of ether oxygens (including phenoxy) is 1. The predicted octanol–water partition coefficient (Wildman–Crippen LogP) is 2.30. The zero-order valence-corrected chi connectivity index (χ0v) is 12.1. The number of hydrogen-bond acceptors (Lipinski definition) is 5. The van der Waals surface area contributed by atoms with Gasteiger partial charge in [-0.25, -0.2) is 4.98 Å². The summed E-state index contributed by atoms with van der Waals surface area (Å²) in [5.74, 6) is 1.70. The van der Waals surface area contributed by atoms with Crippen LogP contribution in [0.1, 0.15) is 33.1 Å². The van der Waals surface area contributed by atoms with Crippen molar-refractivity contribution in [1.82, 2.24) is 9.97 Å². The van der Waals surface area contributed by atoms with Gasteiger partial charge >= 0.3 is 0 Å². The molecule has 0 amide bonds. The Balaban J connectivity index is 2.08. The molecular weight excluding hydrogens is 240 g/mol. The first-order valence-electron chi connectivity index (χ1n) is 7.04. The van der Waals surface area contributed by atoms with E-state index in [-0.39, 0.29) is 5.60 Å².